The summed E-state index contributed by atoms with van der Waals surface area (Å²) < 4.78 is 0. The fourth-order valence-electron chi connectivity index (χ4n) is 1.87. The first-order chi connectivity index (χ1) is 5.00. The summed E-state index contributed by atoms with van der Waals surface area (Å²) in [7, 11) is 0. The minimum atomic E-state index is -0.530. The average molecular weight is 157 g/mol. The van der Waals surface area contributed by atoms with Crippen molar-refractivity contribution >= 4 is 0 Å². The predicted molar refractivity (Wildman–Crippen MR) is 46.2 cm³/mol. The van der Waals surface area contributed by atoms with Crippen molar-refractivity contribution in [2.24, 2.45) is 11.7 Å². The van der Waals surface area contributed by atoms with E-state index in [1.165, 1.54) is 6.42 Å². The van der Waals surface area contributed by atoms with Gasteiger partial charge >= 0.3 is 0 Å². The Bertz CT molecular complexity index is 128. The molecule has 2 unspecified atom stereocenters. The van der Waals surface area contributed by atoms with Gasteiger partial charge in [0.25, 0.3) is 0 Å². The summed E-state index contributed by atoms with van der Waals surface area (Å²) >= 11 is 0. The second-order valence-corrected chi connectivity index (χ2v) is 4.28. The fraction of sp³-hybridized carbons (Fsp3) is 1.00. The third kappa shape index (κ3) is 2.46. The molecular formula is C9H19NO. The van der Waals surface area contributed by atoms with Gasteiger partial charge in [0.2, 0.25) is 0 Å². The molecule has 0 aromatic rings. The van der Waals surface area contributed by atoms with Gasteiger partial charge in [0, 0.05) is 6.04 Å². The summed E-state index contributed by atoms with van der Waals surface area (Å²) in [4.78, 5) is 0. The van der Waals surface area contributed by atoms with Crippen LogP contribution in [0.2, 0.25) is 0 Å². The Morgan fingerprint density at radius 3 is 2.36 bits per heavy atom. The van der Waals surface area contributed by atoms with Crippen molar-refractivity contribution in [2.75, 3.05) is 0 Å². The molecule has 0 bridgehead atoms. The van der Waals surface area contributed by atoms with Crippen LogP contribution in [0.15, 0.2) is 0 Å². The molecule has 0 amide bonds. The van der Waals surface area contributed by atoms with Gasteiger partial charge in [-0.2, -0.15) is 0 Å². The number of nitrogens with two attached hydrogens (primary N) is 1. The molecule has 1 aliphatic carbocycles. The summed E-state index contributed by atoms with van der Waals surface area (Å²) in [6.45, 7) is 3.77. The van der Waals surface area contributed by atoms with Gasteiger partial charge in [-0.3, -0.25) is 0 Å². The van der Waals surface area contributed by atoms with Crippen LogP contribution in [-0.2, 0) is 0 Å². The van der Waals surface area contributed by atoms with E-state index >= 15 is 0 Å². The van der Waals surface area contributed by atoms with Crippen LogP contribution in [0, 0.1) is 5.92 Å². The zero-order valence-electron chi connectivity index (χ0n) is 7.51. The van der Waals surface area contributed by atoms with Crippen molar-refractivity contribution in [1.29, 1.82) is 0 Å². The molecule has 0 aromatic heterocycles. The molecule has 0 spiro atoms. The van der Waals surface area contributed by atoms with E-state index in [1.807, 2.05) is 13.8 Å². The van der Waals surface area contributed by atoms with E-state index in [2.05, 4.69) is 0 Å². The van der Waals surface area contributed by atoms with Crippen molar-refractivity contribution in [3.8, 4) is 0 Å². The smallest absolute Gasteiger partial charge is 0.0620 e. The molecule has 0 saturated heterocycles. The highest BCUT2D eigenvalue weighted by atomic mass is 16.3. The third-order valence-corrected chi connectivity index (χ3v) is 2.71. The lowest BCUT2D eigenvalue weighted by atomic mass is 9.77. The van der Waals surface area contributed by atoms with E-state index in [9.17, 15) is 5.11 Å². The molecule has 2 atom stereocenters. The Morgan fingerprint density at radius 1 is 1.36 bits per heavy atom. The molecule has 2 heteroatoms. The van der Waals surface area contributed by atoms with Gasteiger partial charge in [-0.1, -0.05) is 6.42 Å². The van der Waals surface area contributed by atoms with Crippen LogP contribution < -0.4 is 5.73 Å². The Kier molecular flexibility index (Phi) is 2.55. The molecule has 2 nitrogen and oxygen atoms in total. The van der Waals surface area contributed by atoms with Crippen LogP contribution in [0.25, 0.3) is 0 Å². The van der Waals surface area contributed by atoms with Crippen molar-refractivity contribution in [3.05, 3.63) is 0 Å². The maximum Gasteiger partial charge on any atom is 0.0620 e. The summed E-state index contributed by atoms with van der Waals surface area (Å²) in [6.07, 6.45) is 4.43. The summed E-state index contributed by atoms with van der Waals surface area (Å²) in [6, 6.07) is 0.320. The lowest BCUT2D eigenvalue weighted by molar-refractivity contribution is -0.00243. The number of hydrogen-bond donors (Lipinski definition) is 2. The molecule has 0 heterocycles. The van der Waals surface area contributed by atoms with E-state index in [4.69, 9.17) is 5.73 Å². The standard InChI is InChI=1S/C9H19NO/c1-9(2,11)7-4-3-5-8(10)6-7/h7-8,11H,3-6,10H2,1-2H3. The van der Waals surface area contributed by atoms with E-state index in [0.717, 1.165) is 19.3 Å². The average Bonchev–Trinajstić information content (AvgIpc) is 1.86. The molecule has 0 aromatic carbocycles. The van der Waals surface area contributed by atoms with E-state index in [-0.39, 0.29) is 0 Å². The Labute approximate surface area is 68.8 Å². The van der Waals surface area contributed by atoms with E-state index < -0.39 is 5.60 Å². The zero-order chi connectivity index (χ0) is 8.48. The lowest BCUT2D eigenvalue weighted by Crippen LogP contribution is -2.39. The van der Waals surface area contributed by atoms with Crippen LogP contribution in [0.3, 0.4) is 0 Å². The van der Waals surface area contributed by atoms with Gasteiger partial charge in [-0.25, -0.2) is 0 Å². The van der Waals surface area contributed by atoms with Gasteiger partial charge in [-0.15, -0.1) is 0 Å². The Morgan fingerprint density at radius 2 is 2.00 bits per heavy atom. The van der Waals surface area contributed by atoms with Gasteiger partial charge in [0.1, 0.15) is 0 Å². The molecule has 1 rings (SSSR count). The maximum atomic E-state index is 9.70. The summed E-state index contributed by atoms with van der Waals surface area (Å²) in [5, 5.41) is 9.70. The van der Waals surface area contributed by atoms with Gasteiger partial charge in [0.05, 0.1) is 5.60 Å². The number of rotatable bonds is 1. The van der Waals surface area contributed by atoms with Crippen molar-refractivity contribution in [2.45, 2.75) is 51.2 Å². The van der Waals surface area contributed by atoms with E-state index in [1.54, 1.807) is 0 Å². The first kappa shape index (κ1) is 9.01. The van der Waals surface area contributed by atoms with Gasteiger partial charge < -0.3 is 10.8 Å². The molecule has 1 fully saturated rings. The Hall–Kier alpha value is -0.0800. The second kappa shape index (κ2) is 3.11. The molecule has 0 radical (unpaired) electrons. The van der Waals surface area contributed by atoms with Crippen molar-refractivity contribution in [1.82, 2.24) is 0 Å². The van der Waals surface area contributed by atoms with Crippen LogP contribution in [0.4, 0.5) is 0 Å². The SMILES string of the molecule is CC(C)(O)C1CCCC(N)C1. The van der Waals surface area contributed by atoms with Crippen LogP contribution in [0.5, 0.6) is 0 Å². The minimum Gasteiger partial charge on any atom is -0.390 e. The maximum absolute atomic E-state index is 9.70. The third-order valence-electron chi connectivity index (χ3n) is 2.71. The highest BCUT2D eigenvalue weighted by Gasteiger charge is 2.30. The molecule has 1 saturated carbocycles. The molecule has 1 aliphatic rings. The first-order valence-corrected chi connectivity index (χ1v) is 4.48. The van der Waals surface area contributed by atoms with Crippen LogP contribution >= 0.6 is 0 Å². The number of hydrogen-bond acceptors (Lipinski definition) is 2. The van der Waals surface area contributed by atoms with Crippen molar-refractivity contribution < 1.29 is 5.11 Å². The summed E-state index contributed by atoms with van der Waals surface area (Å²) in [5.41, 5.74) is 5.28. The van der Waals surface area contributed by atoms with Crippen LogP contribution in [0.1, 0.15) is 39.5 Å². The molecule has 0 aliphatic heterocycles. The molecular weight excluding hydrogens is 138 g/mol. The fourth-order valence-corrected chi connectivity index (χ4v) is 1.87. The largest absolute Gasteiger partial charge is 0.390 e. The van der Waals surface area contributed by atoms with Crippen LogP contribution in [-0.4, -0.2) is 16.7 Å². The zero-order valence-corrected chi connectivity index (χ0v) is 7.51. The second-order valence-electron chi connectivity index (χ2n) is 4.28. The van der Waals surface area contributed by atoms with Gasteiger partial charge in [-0.05, 0) is 39.0 Å². The normalized spacial score (nSPS) is 33.8. The topological polar surface area (TPSA) is 46.2 Å². The van der Waals surface area contributed by atoms with E-state index in [0.29, 0.717) is 12.0 Å². The quantitative estimate of drug-likeness (QED) is 0.602. The highest BCUT2D eigenvalue weighted by Crippen LogP contribution is 2.31. The Balaban J connectivity index is 2.46. The predicted octanol–water partition coefficient (Wildman–Crippen LogP) is 1.27. The van der Waals surface area contributed by atoms with Gasteiger partial charge in [0.15, 0.2) is 0 Å². The molecule has 11 heavy (non-hydrogen) atoms. The van der Waals surface area contributed by atoms with Crippen molar-refractivity contribution in [3.63, 3.8) is 0 Å². The first-order valence-electron chi connectivity index (χ1n) is 4.48. The lowest BCUT2D eigenvalue weighted by Gasteiger charge is -2.35. The minimum absolute atomic E-state index is 0.320. The number of aliphatic hydroxyl groups is 1. The molecule has 66 valence electrons. The highest BCUT2D eigenvalue weighted by molar-refractivity contribution is 4.84. The monoisotopic (exact) mass is 157 g/mol. The summed E-state index contributed by atoms with van der Waals surface area (Å²) in [5.74, 6) is 0.409. The molecule has 3 N–H and O–H groups in total.